The second kappa shape index (κ2) is 10.1. The summed E-state index contributed by atoms with van der Waals surface area (Å²) in [5, 5.41) is 4.14. The first-order valence-corrected chi connectivity index (χ1v) is 12.0. The molecule has 0 unspecified atom stereocenters. The molecule has 172 valence electrons. The first-order chi connectivity index (χ1) is 15.1. The fourth-order valence-electron chi connectivity index (χ4n) is 3.42. The van der Waals surface area contributed by atoms with Crippen molar-refractivity contribution < 1.29 is 22.0 Å². The summed E-state index contributed by atoms with van der Waals surface area (Å²) in [6.07, 6.45) is 5.52. The molecule has 1 aliphatic rings. The van der Waals surface area contributed by atoms with Crippen LogP contribution in [0.5, 0.6) is 0 Å². The van der Waals surface area contributed by atoms with Crippen molar-refractivity contribution in [1.82, 2.24) is 14.3 Å². The van der Waals surface area contributed by atoms with E-state index in [4.69, 9.17) is 0 Å². The van der Waals surface area contributed by atoms with E-state index in [0.717, 1.165) is 55.9 Å². The highest BCUT2D eigenvalue weighted by molar-refractivity contribution is 7.90. The molecule has 3 aromatic rings. The number of sulfonamides is 1. The van der Waals surface area contributed by atoms with Crippen LogP contribution in [0.4, 0.5) is 14.5 Å². The van der Waals surface area contributed by atoms with Gasteiger partial charge in [0, 0.05) is 25.0 Å². The number of hydrogen-bond acceptors (Lipinski definition) is 5. The van der Waals surface area contributed by atoms with E-state index in [1.807, 2.05) is 12.1 Å². The van der Waals surface area contributed by atoms with Crippen molar-refractivity contribution in [2.24, 2.45) is 5.92 Å². The second-order valence-electron chi connectivity index (χ2n) is 8.01. The predicted octanol–water partition coefficient (Wildman–Crippen LogP) is 3.61. The lowest BCUT2D eigenvalue weighted by Crippen LogP contribution is -2.33. The lowest BCUT2D eigenvalue weighted by molar-refractivity contribution is 0.0983. The number of nitrogens with zero attached hydrogens (tertiary/aromatic N) is 3. The molecule has 1 aliphatic heterocycles. The van der Waals surface area contributed by atoms with Crippen LogP contribution in [-0.4, -0.2) is 42.8 Å². The zero-order valence-electron chi connectivity index (χ0n) is 18.0. The zero-order chi connectivity index (χ0) is 23.3. The summed E-state index contributed by atoms with van der Waals surface area (Å²) >= 11 is 0. The molecule has 0 radical (unpaired) electrons. The summed E-state index contributed by atoms with van der Waals surface area (Å²) in [5.41, 5.74) is 1.90. The van der Waals surface area contributed by atoms with Crippen molar-refractivity contribution in [3.05, 3.63) is 66.0 Å². The van der Waals surface area contributed by atoms with E-state index in [2.05, 4.69) is 14.7 Å². The lowest BCUT2D eigenvalue weighted by Gasteiger charge is -2.17. The SMILES string of the molecule is CC(C)CS(=O)(=O)NC(=O)c1cnn2ccc(N3CCCC3)cc12.Fc1ccc(F)cc1. The third kappa shape index (κ3) is 6.25. The van der Waals surface area contributed by atoms with Gasteiger partial charge in [-0.25, -0.2) is 26.4 Å². The molecule has 10 heteroatoms. The van der Waals surface area contributed by atoms with Crippen LogP contribution in [0.25, 0.3) is 5.52 Å². The zero-order valence-corrected chi connectivity index (χ0v) is 18.8. The Bertz CT molecular complexity index is 1150. The number of fused-ring (bicyclic) bond motifs is 1. The minimum Gasteiger partial charge on any atom is -0.371 e. The van der Waals surface area contributed by atoms with E-state index >= 15 is 0 Å². The molecule has 32 heavy (non-hydrogen) atoms. The molecule has 4 rings (SSSR count). The summed E-state index contributed by atoms with van der Waals surface area (Å²) in [6.45, 7) is 5.58. The second-order valence-corrected chi connectivity index (χ2v) is 9.78. The van der Waals surface area contributed by atoms with E-state index < -0.39 is 27.6 Å². The van der Waals surface area contributed by atoms with Crippen LogP contribution >= 0.6 is 0 Å². The normalized spacial score (nSPS) is 13.8. The monoisotopic (exact) mass is 464 g/mol. The number of hydrogen-bond donors (Lipinski definition) is 1. The molecule has 2 aromatic heterocycles. The molecular weight excluding hydrogens is 438 g/mol. The Morgan fingerprint density at radius 3 is 2.25 bits per heavy atom. The van der Waals surface area contributed by atoms with Gasteiger partial charge in [-0.2, -0.15) is 5.10 Å². The molecule has 0 atom stereocenters. The van der Waals surface area contributed by atoms with Gasteiger partial charge in [-0.1, -0.05) is 13.8 Å². The Kier molecular flexibility index (Phi) is 7.44. The fraction of sp³-hybridized carbons (Fsp3) is 0.364. The molecule has 7 nitrogen and oxygen atoms in total. The largest absolute Gasteiger partial charge is 0.371 e. The minimum atomic E-state index is -3.65. The average molecular weight is 465 g/mol. The number of carbonyl (C=O) groups is 1. The number of pyridine rings is 1. The molecule has 1 fully saturated rings. The Morgan fingerprint density at radius 2 is 1.69 bits per heavy atom. The Balaban J connectivity index is 0.000000305. The standard InChI is InChI=1S/C16H22N4O3S.C6H4F2/c1-12(2)11-24(22,23)18-16(21)14-10-17-20-8-5-13(9-15(14)20)19-6-3-4-7-19;7-5-1-2-6(8)4-3-5/h5,8-10,12H,3-4,6-7,11H2,1-2H3,(H,18,21);1-4H. The highest BCUT2D eigenvalue weighted by atomic mass is 32.2. The third-order valence-corrected chi connectivity index (χ3v) is 6.43. The smallest absolute Gasteiger partial charge is 0.268 e. The van der Waals surface area contributed by atoms with Gasteiger partial charge in [-0.15, -0.1) is 0 Å². The van der Waals surface area contributed by atoms with Crippen molar-refractivity contribution in [1.29, 1.82) is 0 Å². The maximum absolute atomic E-state index is 12.4. The lowest BCUT2D eigenvalue weighted by atomic mass is 10.2. The van der Waals surface area contributed by atoms with Crippen LogP contribution in [0.2, 0.25) is 0 Å². The van der Waals surface area contributed by atoms with Crippen LogP contribution in [0.1, 0.15) is 37.0 Å². The quantitative estimate of drug-likeness (QED) is 0.624. The Morgan fingerprint density at radius 1 is 1.09 bits per heavy atom. The van der Waals surface area contributed by atoms with Crippen LogP contribution < -0.4 is 9.62 Å². The summed E-state index contributed by atoms with van der Waals surface area (Å²) < 4.78 is 51.5. The van der Waals surface area contributed by atoms with E-state index in [0.29, 0.717) is 5.52 Å². The molecule has 0 saturated carbocycles. The maximum Gasteiger partial charge on any atom is 0.268 e. The fourth-order valence-corrected chi connectivity index (χ4v) is 4.78. The molecule has 0 bridgehead atoms. The summed E-state index contributed by atoms with van der Waals surface area (Å²) in [6, 6.07) is 8.17. The first kappa shape index (κ1) is 23.6. The van der Waals surface area contributed by atoms with Crippen LogP contribution in [0.3, 0.4) is 0 Å². The molecule has 3 heterocycles. The highest BCUT2D eigenvalue weighted by Crippen LogP contribution is 2.23. The molecular formula is C22H26F2N4O3S. The van der Waals surface area contributed by atoms with Gasteiger partial charge in [-0.3, -0.25) is 4.79 Å². The van der Waals surface area contributed by atoms with E-state index in [-0.39, 0.29) is 17.2 Å². The number of carbonyl (C=O) groups excluding carboxylic acids is 1. The maximum atomic E-state index is 12.4. The number of nitrogens with one attached hydrogen (secondary N) is 1. The number of amides is 1. The molecule has 0 spiro atoms. The number of aromatic nitrogens is 2. The minimum absolute atomic E-state index is 0.0547. The Labute approximate surface area is 186 Å². The van der Waals surface area contributed by atoms with Crippen LogP contribution in [-0.2, 0) is 10.0 Å². The predicted molar refractivity (Wildman–Crippen MR) is 119 cm³/mol. The third-order valence-electron chi connectivity index (χ3n) is 4.83. The number of halogens is 2. The van der Waals surface area contributed by atoms with Gasteiger partial charge in [-0.05, 0) is 55.2 Å². The van der Waals surface area contributed by atoms with E-state index in [9.17, 15) is 22.0 Å². The average Bonchev–Trinajstić information content (AvgIpc) is 3.38. The number of rotatable bonds is 5. The molecule has 1 amide bonds. The van der Waals surface area contributed by atoms with Gasteiger partial charge >= 0.3 is 0 Å². The van der Waals surface area contributed by atoms with Gasteiger partial charge in [0.25, 0.3) is 5.91 Å². The summed E-state index contributed by atoms with van der Waals surface area (Å²) in [7, 11) is -3.65. The van der Waals surface area contributed by atoms with Gasteiger partial charge in [0.1, 0.15) is 11.6 Å². The number of benzene rings is 1. The van der Waals surface area contributed by atoms with Gasteiger partial charge < -0.3 is 4.90 Å². The van der Waals surface area contributed by atoms with E-state index in [1.165, 1.54) is 6.20 Å². The van der Waals surface area contributed by atoms with Crippen molar-refractivity contribution in [2.75, 3.05) is 23.7 Å². The van der Waals surface area contributed by atoms with Crippen molar-refractivity contribution >= 4 is 27.1 Å². The van der Waals surface area contributed by atoms with Crippen molar-refractivity contribution in [2.45, 2.75) is 26.7 Å². The highest BCUT2D eigenvalue weighted by Gasteiger charge is 2.21. The van der Waals surface area contributed by atoms with Crippen LogP contribution in [0.15, 0.2) is 48.8 Å². The van der Waals surface area contributed by atoms with Gasteiger partial charge in [0.15, 0.2) is 0 Å². The van der Waals surface area contributed by atoms with Gasteiger partial charge in [0.2, 0.25) is 10.0 Å². The molecule has 0 aliphatic carbocycles. The molecule has 1 aromatic carbocycles. The molecule has 1 saturated heterocycles. The summed E-state index contributed by atoms with van der Waals surface area (Å²) in [5.74, 6) is -1.60. The summed E-state index contributed by atoms with van der Waals surface area (Å²) in [4.78, 5) is 14.6. The van der Waals surface area contributed by atoms with Crippen LogP contribution in [0, 0.1) is 17.6 Å². The van der Waals surface area contributed by atoms with Gasteiger partial charge in [0.05, 0.1) is 23.0 Å². The van der Waals surface area contributed by atoms with Crippen molar-refractivity contribution in [3.8, 4) is 0 Å². The molecule has 1 N–H and O–H groups in total. The Hall–Kier alpha value is -3.01. The number of anilines is 1. The first-order valence-electron chi connectivity index (χ1n) is 10.3. The van der Waals surface area contributed by atoms with Crippen molar-refractivity contribution in [3.63, 3.8) is 0 Å². The van der Waals surface area contributed by atoms with E-state index in [1.54, 1.807) is 24.6 Å². The topological polar surface area (TPSA) is 83.8 Å².